The topological polar surface area (TPSA) is 37.6 Å². The zero-order valence-electron chi connectivity index (χ0n) is 16.6. The summed E-state index contributed by atoms with van der Waals surface area (Å²) in [5, 5.41) is 0.680. The number of nitrogens with zero attached hydrogens (tertiary/aromatic N) is 3. The number of anilines is 1. The summed E-state index contributed by atoms with van der Waals surface area (Å²) in [6.07, 6.45) is 11.4. The molecule has 0 bridgehead atoms. The lowest BCUT2D eigenvalue weighted by Crippen LogP contribution is -2.28. The van der Waals surface area contributed by atoms with Crippen molar-refractivity contribution in [2.75, 3.05) is 4.90 Å². The molecule has 1 saturated heterocycles. The van der Waals surface area contributed by atoms with Crippen molar-refractivity contribution in [1.29, 1.82) is 0 Å². The highest BCUT2D eigenvalue weighted by molar-refractivity contribution is 8.19. The normalized spacial score (nSPS) is 20.0. The lowest BCUT2D eigenvalue weighted by Gasteiger charge is -2.15. The Labute approximate surface area is 180 Å². The van der Waals surface area contributed by atoms with Crippen LogP contribution in [0.4, 0.5) is 11.4 Å². The van der Waals surface area contributed by atoms with E-state index < -0.39 is 0 Å². The lowest BCUT2D eigenvalue weighted by molar-refractivity contribution is -0.113. The number of carbonyl (C=O) groups excluding carboxylic acids is 1. The van der Waals surface area contributed by atoms with E-state index in [1.54, 1.807) is 4.90 Å². The Kier molecular flexibility index (Phi) is 5.28. The zero-order chi connectivity index (χ0) is 20.3. The van der Waals surface area contributed by atoms with Gasteiger partial charge in [-0.05, 0) is 66.6 Å². The van der Waals surface area contributed by atoms with Gasteiger partial charge >= 0.3 is 0 Å². The summed E-state index contributed by atoms with van der Waals surface area (Å²) in [4.78, 5) is 20.5. The van der Waals surface area contributed by atoms with Crippen molar-refractivity contribution < 1.29 is 4.79 Å². The summed E-state index contributed by atoms with van der Waals surface area (Å²) < 4.78 is 2.30. The van der Waals surface area contributed by atoms with Gasteiger partial charge in [-0.25, -0.2) is 4.99 Å². The molecule has 5 heteroatoms. The first kappa shape index (κ1) is 18.9. The molecule has 0 unspecified atom stereocenters. The van der Waals surface area contributed by atoms with Crippen molar-refractivity contribution in [2.24, 2.45) is 4.99 Å². The number of rotatable bonds is 4. The van der Waals surface area contributed by atoms with Gasteiger partial charge < -0.3 is 4.57 Å². The predicted octanol–water partition coefficient (Wildman–Crippen LogP) is 6.41. The first-order valence-electron chi connectivity index (χ1n) is 10.4. The first-order valence-corrected chi connectivity index (χ1v) is 11.2. The van der Waals surface area contributed by atoms with Crippen LogP contribution in [0.15, 0.2) is 89.0 Å². The Bertz CT molecular complexity index is 1100. The number of hydrogen-bond donors (Lipinski definition) is 0. The van der Waals surface area contributed by atoms with Crippen molar-refractivity contribution in [1.82, 2.24) is 4.57 Å². The maximum absolute atomic E-state index is 13.3. The summed E-state index contributed by atoms with van der Waals surface area (Å²) >= 11 is 1.43. The van der Waals surface area contributed by atoms with Crippen molar-refractivity contribution >= 4 is 40.3 Å². The molecule has 0 radical (unpaired) electrons. The SMILES string of the molecule is O=C1/C(=C\c2ccn(C3CCCC3)c2)SC(=Nc2ccccc2)N1c1ccccc1. The Morgan fingerprint density at radius 3 is 2.37 bits per heavy atom. The minimum atomic E-state index is -0.0329. The molecule has 0 N–H and O–H groups in total. The second kappa shape index (κ2) is 8.36. The second-order valence-electron chi connectivity index (χ2n) is 7.65. The number of benzene rings is 2. The van der Waals surface area contributed by atoms with Gasteiger partial charge in [0.1, 0.15) is 0 Å². The number of thioether (sulfide) groups is 1. The molecule has 2 heterocycles. The van der Waals surface area contributed by atoms with E-state index in [0.717, 1.165) is 16.9 Å². The molecule has 1 amide bonds. The van der Waals surface area contributed by atoms with Gasteiger partial charge in [0.2, 0.25) is 0 Å². The van der Waals surface area contributed by atoms with Crippen molar-refractivity contribution in [3.8, 4) is 0 Å². The van der Waals surface area contributed by atoms with Crippen molar-refractivity contribution in [2.45, 2.75) is 31.7 Å². The molecule has 3 aromatic rings. The third kappa shape index (κ3) is 3.85. The van der Waals surface area contributed by atoms with E-state index in [4.69, 9.17) is 4.99 Å². The van der Waals surface area contributed by atoms with Gasteiger partial charge in [0, 0.05) is 18.4 Å². The Hall–Kier alpha value is -3.05. The second-order valence-corrected chi connectivity index (χ2v) is 8.66. The molecular formula is C25H23N3OS. The molecule has 1 aliphatic carbocycles. The maximum atomic E-state index is 13.3. The summed E-state index contributed by atoms with van der Waals surface area (Å²) in [5.74, 6) is -0.0329. The quantitative estimate of drug-likeness (QED) is 0.463. The first-order chi connectivity index (χ1) is 14.8. The predicted molar refractivity (Wildman–Crippen MR) is 125 cm³/mol. The smallest absolute Gasteiger partial charge is 0.271 e. The number of aliphatic imine (C=N–C) groups is 1. The van der Waals surface area contributed by atoms with E-state index >= 15 is 0 Å². The molecule has 1 aromatic heterocycles. The summed E-state index contributed by atoms with van der Waals surface area (Å²) in [6, 6.07) is 22.2. The molecule has 2 aliphatic rings. The fraction of sp³-hybridized carbons (Fsp3) is 0.200. The zero-order valence-corrected chi connectivity index (χ0v) is 17.5. The monoisotopic (exact) mass is 413 g/mol. The minimum absolute atomic E-state index is 0.0329. The molecule has 0 atom stereocenters. The fourth-order valence-corrected chi connectivity index (χ4v) is 5.06. The van der Waals surface area contributed by atoms with Gasteiger partial charge in [0.15, 0.2) is 5.17 Å². The Morgan fingerprint density at radius 1 is 0.933 bits per heavy atom. The average Bonchev–Trinajstić information content (AvgIpc) is 3.52. The van der Waals surface area contributed by atoms with E-state index in [1.165, 1.54) is 37.4 Å². The van der Waals surface area contributed by atoms with Gasteiger partial charge in [-0.15, -0.1) is 0 Å². The van der Waals surface area contributed by atoms with Gasteiger partial charge in [0.25, 0.3) is 5.91 Å². The summed E-state index contributed by atoms with van der Waals surface area (Å²) in [6.45, 7) is 0. The van der Waals surface area contributed by atoms with Crippen LogP contribution >= 0.6 is 11.8 Å². The summed E-state index contributed by atoms with van der Waals surface area (Å²) in [5.41, 5.74) is 2.73. The molecule has 5 rings (SSSR count). The van der Waals surface area contributed by atoms with Crippen molar-refractivity contribution in [3.05, 3.63) is 89.6 Å². The van der Waals surface area contributed by atoms with E-state index in [9.17, 15) is 4.79 Å². The average molecular weight is 414 g/mol. The van der Waals surface area contributed by atoms with Crippen molar-refractivity contribution in [3.63, 3.8) is 0 Å². The third-order valence-corrected chi connectivity index (χ3v) is 6.55. The minimum Gasteiger partial charge on any atom is -0.351 e. The highest BCUT2D eigenvalue weighted by Crippen LogP contribution is 2.37. The fourth-order valence-electron chi connectivity index (χ4n) is 4.06. The van der Waals surface area contributed by atoms with Gasteiger partial charge in [-0.3, -0.25) is 9.69 Å². The van der Waals surface area contributed by atoms with Crippen LogP contribution in [0.5, 0.6) is 0 Å². The Balaban J connectivity index is 1.49. The van der Waals surface area contributed by atoms with E-state index in [-0.39, 0.29) is 5.91 Å². The van der Waals surface area contributed by atoms with Gasteiger partial charge in [-0.1, -0.05) is 49.2 Å². The molecular weight excluding hydrogens is 390 g/mol. The van der Waals surface area contributed by atoms with Gasteiger partial charge in [-0.2, -0.15) is 0 Å². The van der Waals surface area contributed by atoms with Crippen LogP contribution in [0.2, 0.25) is 0 Å². The van der Waals surface area contributed by atoms with E-state index in [2.05, 4.69) is 23.0 Å². The number of carbonyl (C=O) groups is 1. The highest BCUT2D eigenvalue weighted by atomic mass is 32.2. The van der Waals surface area contributed by atoms with E-state index in [0.29, 0.717) is 16.1 Å². The largest absolute Gasteiger partial charge is 0.351 e. The molecule has 2 aromatic carbocycles. The van der Waals surface area contributed by atoms with Crippen LogP contribution in [0.1, 0.15) is 37.3 Å². The number of amidine groups is 1. The van der Waals surface area contributed by atoms with Gasteiger partial charge in [0.05, 0.1) is 16.3 Å². The van der Waals surface area contributed by atoms with Crippen LogP contribution in [-0.2, 0) is 4.79 Å². The lowest BCUT2D eigenvalue weighted by atomic mass is 10.2. The maximum Gasteiger partial charge on any atom is 0.271 e. The third-order valence-electron chi connectivity index (χ3n) is 5.58. The van der Waals surface area contributed by atoms with Crippen LogP contribution in [0, 0.1) is 0 Å². The molecule has 30 heavy (non-hydrogen) atoms. The molecule has 1 aliphatic heterocycles. The Morgan fingerprint density at radius 2 is 1.63 bits per heavy atom. The van der Waals surface area contributed by atoms with Crippen LogP contribution in [-0.4, -0.2) is 15.6 Å². The molecule has 2 fully saturated rings. The number of aromatic nitrogens is 1. The summed E-state index contributed by atoms with van der Waals surface area (Å²) in [7, 11) is 0. The van der Waals surface area contributed by atoms with Crippen LogP contribution < -0.4 is 4.90 Å². The van der Waals surface area contributed by atoms with Crippen LogP contribution in [0.3, 0.4) is 0 Å². The number of hydrogen-bond acceptors (Lipinski definition) is 3. The molecule has 4 nitrogen and oxygen atoms in total. The van der Waals surface area contributed by atoms with Crippen LogP contribution in [0.25, 0.3) is 6.08 Å². The molecule has 1 saturated carbocycles. The standard InChI is InChI=1S/C25H23N3OS/c29-24-23(17-19-15-16-27(18-19)21-11-7-8-12-21)30-25(26-20-9-3-1-4-10-20)28(24)22-13-5-2-6-14-22/h1-6,9-10,13-18,21H,7-8,11-12H2/b23-17+,26-25?. The number of amides is 1. The molecule has 150 valence electrons. The highest BCUT2D eigenvalue weighted by Gasteiger charge is 2.34. The molecule has 0 spiro atoms. The number of para-hydroxylation sites is 2. The van der Waals surface area contributed by atoms with E-state index in [1.807, 2.05) is 66.7 Å².